The number of aryl methyl sites for hydroxylation is 1. The zero-order valence-corrected chi connectivity index (χ0v) is 17.8. The van der Waals surface area contributed by atoms with Crippen LogP contribution in [0.15, 0.2) is 27.2 Å². The van der Waals surface area contributed by atoms with Crippen LogP contribution < -0.4 is 0 Å². The smallest absolute Gasteiger partial charge is 0.339 e. The number of ether oxygens (including phenoxy) is 1. The van der Waals surface area contributed by atoms with Crippen LogP contribution in [-0.2, 0) is 11.3 Å². The SMILES string of the molecule is CCCN(Cc1nnc(-c2ccco2)o1)[C@H](C)C(=O)c1[nH]c(C)c(C(=O)OC)c1C. The molecule has 0 spiro atoms. The van der Waals surface area contributed by atoms with Crippen LogP contribution in [0.1, 0.15) is 58.3 Å². The number of aromatic nitrogens is 3. The molecule has 0 saturated heterocycles. The summed E-state index contributed by atoms with van der Waals surface area (Å²) in [7, 11) is 1.32. The number of carbonyl (C=O) groups is 2. The van der Waals surface area contributed by atoms with E-state index in [-0.39, 0.29) is 5.78 Å². The van der Waals surface area contributed by atoms with Crippen LogP contribution in [0.5, 0.6) is 0 Å². The third-order valence-electron chi connectivity index (χ3n) is 5.05. The van der Waals surface area contributed by atoms with Gasteiger partial charge in [0.15, 0.2) is 11.5 Å². The fourth-order valence-electron chi connectivity index (χ4n) is 3.47. The Labute approximate surface area is 174 Å². The summed E-state index contributed by atoms with van der Waals surface area (Å²) in [4.78, 5) is 30.3. The maximum Gasteiger partial charge on any atom is 0.339 e. The molecule has 0 fully saturated rings. The van der Waals surface area contributed by atoms with Gasteiger partial charge in [-0.2, -0.15) is 0 Å². The van der Waals surface area contributed by atoms with Crippen LogP contribution in [-0.4, -0.2) is 51.5 Å². The summed E-state index contributed by atoms with van der Waals surface area (Å²) in [6.07, 6.45) is 2.37. The first-order valence-electron chi connectivity index (χ1n) is 9.79. The van der Waals surface area contributed by atoms with Crippen molar-refractivity contribution >= 4 is 11.8 Å². The number of H-pyrrole nitrogens is 1. The Kier molecular flexibility index (Phi) is 6.51. The second-order valence-electron chi connectivity index (χ2n) is 7.11. The van der Waals surface area contributed by atoms with Crippen molar-refractivity contribution in [1.29, 1.82) is 0 Å². The number of methoxy groups -OCH3 is 1. The molecule has 3 rings (SSSR count). The van der Waals surface area contributed by atoms with Gasteiger partial charge in [-0.25, -0.2) is 4.79 Å². The largest absolute Gasteiger partial charge is 0.465 e. The Morgan fingerprint density at radius 3 is 2.70 bits per heavy atom. The Balaban J connectivity index is 1.81. The molecule has 0 aliphatic heterocycles. The monoisotopic (exact) mass is 414 g/mol. The number of aromatic amines is 1. The van der Waals surface area contributed by atoms with E-state index in [2.05, 4.69) is 15.2 Å². The van der Waals surface area contributed by atoms with E-state index in [1.807, 2.05) is 18.7 Å². The summed E-state index contributed by atoms with van der Waals surface area (Å²) < 4.78 is 15.8. The van der Waals surface area contributed by atoms with Gasteiger partial charge in [0.05, 0.1) is 37.2 Å². The molecular formula is C21H26N4O5. The highest BCUT2D eigenvalue weighted by molar-refractivity contribution is 6.03. The van der Waals surface area contributed by atoms with Crippen LogP contribution in [0, 0.1) is 13.8 Å². The third kappa shape index (κ3) is 4.20. The van der Waals surface area contributed by atoms with Gasteiger partial charge >= 0.3 is 5.97 Å². The van der Waals surface area contributed by atoms with Gasteiger partial charge in [0, 0.05) is 5.69 Å². The average Bonchev–Trinajstić information content (AvgIpc) is 3.46. The van der Waals surface area contributed by atoms with Crippen molar-refractivity contribution in [3.63, 3.8) is 0 Å². The molecule has 0 amide bonds. The van der Waals surface area contributed by atoms with E-state index >= 15 is 0 Å². The van der Waals surface area contributed by atoms with E-state index < -0.39 is 12.0 Å². The van der Waals surface area contributed by atoms with Crippen molar-refractivity contribution in [1.82, 2.24) is 20.1 Å². The van der Waals surface area contributed by atoms with Crippen molar-refractivity contribution in [2.75, 3.05) is 13.7 Å². The lowest BCUT2D eigenvalue weighted by Crippen LogP contribution is -2.39. The number of hydrogen-bond acceptors (Lipinski definition) is 8. The number of ketones is 1. The summed E-state index contributed by atoms with van der Waals surface area (Å²) in [6, 6.07) is 3.01. The maximum absolute atomic E-state index is 13.2. The van der Waals surface area contributed by atoms with E-state index in [9.17, 15) is 9.59 Å². The minimum Gasteiger partial charge on any atom is -0.465 e. The first-order chi connectivity index (χ1) is 14.4. The number of furan rings is 1. The summed E-state index contributed by atoms with van der Waals surface area (Å²) in [5, 5.41) is 8.09. The molecular weight excluding hydrogens is 388 g/mol. The zero-order chi connectivity index (χ0) is 21.8. The summed E-state index contributed by atoms with van der Waals surface area (Å²) >= 11 is 0. The lowest BCUT2D eigenvalue weighted by molar-refractivity contribution is 0.0599. The van der Waals surface area contributed by atoms with Gasteiger partial charge in [0.2, 0.25) is 5.89 Å². The van der Waals surface area contributed by atoms with Gasteiger partial charge in [-0.1, -0.05) is 6.92 Å². The number of nitrogens with one attached hydrogen (secondary N) is 1. The predicted molar refractivity (Wildman–Crippen MR) is 108 cm³/mol. The van der Waals surface area contributed by atoms with Crippen molar-refractivity contribution in [2.24, 2.45) is 0 Å². The third-order valence-corrected chi connectivity index (χ3v) is 5.05. The molecule has 30 heavy (non-hydrogen) atoms. The number of nitrogens with zero attached hydrogens (tertiary/aromatic N) is 3. The highest BCUT2D eigenvalue weighted by Crippen LogP contribution is 2.23. The highest BCUT2D eigenvalue weighted by atomic mass is 16.5. The fourth-order valence-corrected chi connectivity index (χ4v) is 3.47. The van der Waals surface area contributed by atoms with Crippen molar-refractivity contribution in [3.05, 3.63) is 46.8 Å². The van der Waals surface area contributed by atoms with Crippen molar-refractivity contribution in [3.8, 4) is 11.7 Å². The number of esters is 1. The van der Waals surface area contributed by atoms with Crippen LogP contribution in [0.4, 0.5) is 0 Å². The first kappa shape index (κ1) is 21.5. The predicted octanol–water partition coefficient (Wildman–Crippen LogP) is 3.54. The lowest BCUT2D eigenvalue weighted by atomic mass is 10.0. The zero-order valence-electron chi connectivity index (χ0n) is 17.8. The Hall–Kier alpha value is -3.20. The highest BCUT2D eigenvalue weighted by Gasteiger charge is 2.29. The molecule has 1 N–H and O–H groups in total. The van der Waals surface area contributed by atoms with Crippen LogP contribution >= 0.6 is 0 Å². The fraction of sp³-hybridized carbons (Fsp3) is 0.429. The normalized spacial score (nSPS) is 12.3. The minimum absolute atomic E-state index is 0.120. The Morgan fingerprint density at radius 1 is 1.30 bits per heavy atom. The molecule has 0 aliphatic carbocycles. The number of Topliss-reactive ketones (excluding diaryl/α,β-unsaturated/α-hetero) is 1. The van der Waals surface area contributed by atoms with Gasteiger partial charge in [-0.05, 0) is 51.4 Å². The molecule has 3 aromatic rings. The molecule has 0 saturated carbocycles. The second kappa shape index (κ2) is 9.08. The van der Waals surface area contributed by atoms with Gasteiger partial charge in [-0.3, -0.25) is 9.69 Å². The molecule has 0 bridgehead atoms. The van der Waals surface area contributed by atoms with Crippen molar-refractivity contribution < 1.29 is 23.2 Å². The molecule has 0 aromatic carbocycles. The van der Waals surface area contributed by atoms with E-state index in [1.165, 1.54) is 13.4 Å². The molecule has 9 heteroatoms. The van der Waals surface area contributed by atoms with E-state index in [0.717, 1.165) is 6.42 Å². The van der Waals surface area contributed by atoms with Gasteiger partial charge in [-0.15, -0.1) is 10.2 Å². The maximum atomic E-state index is 13.2. The summed E-state index contributed by atoms with van der Waals surface area (Å²) in [5.74, 6) is 0.598. The molecule has 0 unspecified atom stereocenters. The molecule has 9 nitrogen and oxygen atoms in total. The number of rotatable bonds is 9. The summed E-state index contributed by atoms with van der Waals surface area (Å²) in [5.41, 5.74) is 2.00. The van der Waals surface area contributed by atoms with Gasteiger partial charge in [0.1, 0.15) is 0 Å². The standard InChI is InChI=1S/C21H26N4O5/c1-6-9-25(11-16-23-24-20(30-16)15-8-7-10-29-15)14(4)19(26)18-12(2)17(13(3)22-18)21(27)28-5/h7-8,10,14,22H,6,9,11H2,1-5H3/t14-/m1/s1. The van der Waals surface area contributed by atoms with Crippen LogP contribution in [0.2, 0.25) is 0 Å². The second-order valence-corrected chi connectivity index (χ2v) is 7.11. The number of carbonyl (C=O) groups excluding carboxylic acids is 2. The quantitative estimate of drug-likeness (QED) is 0.418. The van der Waals surface area contributed by atoms with Gasteiger partial charge < -0.3 is 18.6 Å². The van der Waals surface area contributed by atoms with Crippen LogP contribution in [0.25, 0.3) is 11.7 Å². The summed E-state index contributed by atoms with van der Waals surface area (Å²) in [6.45, 7) is 8.33. The first-order valence-corrected chi connectivity index (χ1v) is 9.79. The van der Waals surface area contributed by atoms with Gasteiger partial charge in [0.25, 0.3) is 5.89 Å². The molecule has 3 aromatic heterocycles. The number of hydrogen-bond donors (Lipinski definition) is 1. The van der Waals surface area contributed by atoms with Crippen LogP contribution in [0.3, 0.4) is 0 Å². The molecule has 0 radical (unpaired) electrons. The lowest BCUT2D eigenvalue weighted by Gasteiger charge is -2.26. The Bertz CT molecular complexity index is 1020. The minimum atomic E-state index is -0.467. The molecule has 1 atom stereocenters. The topological polar surface area (TPSA) is 114 Å². The van der Waals surface area contributed by atoms with E-state index in [0.29, 0.717) is 53.1 Å². The molecule has 0 aliphatic rings. The van der Waals surface area contributed by atoms with E-state index in [1.54, 1.807) is 26.0 Å². The molecule has 160 valence electrons. The van der Waals surface area contributed by atoms with E-state index in [4.69, 9.17) is 13.6 Å². The van der Waals surface area contributed by atoms with Crippen molar-refractivity contribution in [2.45, 2.75) is 46.7 Å². The molecule has 3 heterocycles. The Morgan fingerprint density at radius 2 is 2.07 bits per heavy atom. The average molecular weight is 414 g/mol.